The monoisotopic (exact) mass is 182 g/mol. The van der Waals surface area contributed by atoms with Crippen LogP contribution in [0.4, 0.5) is 0 Å². The molecule has 39 valence electrons. The van der Waals surface area contributed by atoms with E-state index in [9.17, 15) is 0 Å². The molecule has 0 aliphatic carbocycles. The van der Waals surface area contributed by atoms with Crippen LogP contribution < -0.4 is 0 Å². The van der Waals surface area contributed by atoms with Crippen molar-refractivity contribution in [3.63, 3.8) is 0 Å². The van der Waals surface area contributed by atoms with Gasteiger partial charge in [0.1, 0.15) is 0 Å². The predicted molar refractivity (Wildman–Crippen MR) is 26.9 cm³/mol. The summed E-state index contributed by atoms with van der Waals surface area (Å²) in [5.74, 6) is 0.197. The zero-order chi connectivity index (χ0) is 5.11. The molecule has 1 rings (SSSR count). The summed E-state index contributed by atoms with van der Waals surface area (Å²) in [5, 5.41) is 8.58. The summed E-state index contributed by atoms with van der Waals surface area (Å²) in [4.78, 5) is 0. The summed E-state index contributed by atoms with van der Waals surface area (Å²) >= 11 is 0. The Bertz CT molecular complexity index is 138. The number of rotatable bonds is 0. The van der Waals surface area contributed by atoms with Gasteiger partial charge in [-0.05, 0) is 0 Å². The number of hydrogen-bond acceptors (Lipinski definition) is 1. The molecule has 1 nitrogen and oxygen atoms in total. The largest absolute Gasteiger partial charge is 0.534 e. The molecule has 0 saturated heterocycles. The van der Waals surface area contributed by atoms with Gasteiger partial charge in [-0.2, -0.15) is 18.2 Å². The first-order valence-electron chi connectivity index (χ1n) is 2.05. The van der Waals surface area contributed by atoms with Crippen LogP contribution >= 0.6 is 0 Å². The van der Waals surface area contributed by atoms with Crippen molar-refractivity contribution in [2.45, 2.75) is 0 Å². The first kappa shape index (κ1) is 8.12. The van der Waals surface area contributed by atoms with Gasteiger partial charge in [0.15, 0.2) is 0 Å². The molecule has 2 heteroatoms. The Kier molecular flexibility index (Phi) is 4.11. The minimum absolute atomic E-state index is 0. The average molecular weight is 182 g/mol. The molecular weight excluding hydrogens is 177 g/mol. The molecule has 0 spiro atoms. The van der Waals surface area contributed by atoms with Gasteiger partial charge in [-0.1, -0.05) is 0 Å². The van der Waals surface area contributed by atoms with Crippen molar-refractivity contribution >= 4 is 0 Å². The first-order chi connectivity index (χ1) is 3.39. The number of para-hydroxylation sites is 1. The maximum atomic E-state index is 8.58. The summed E-state index contributed by atoms with van der Waals surface area (Å²) in [6.07, 6.45) is 0. The second-order valence-electron chi connectivity index (χ2n) is 1.25. The molecule has 0 atom stereocenters. The summed E-state index contributed by atoms with van der Waals surface area (Å²) in [6.45, 7) is 0. The van der Waals surface area contributed by atoms with Gasteiger partial charge in [-0.15, -0.1) is 12.1 Å². The molecule has 0 unspecified atom stereocenters. The molecule has 1 N–H and O–H groups in total. The molecular formula is C6H5OY-. The normalized spacial score (nSPS) is 7.50. The van der Waals surface area contributed by atoms with E-state index in [0.717, 1.165) is 0 Å². The SMILES string of the molecule is Oc1[c-]cccc1.[Y]. The van der Waals surface area contributed by atoms with Crippen LogP contribution in [-0.2, 0) is 32.7 Å². The van der Waals surface area contributed by atoms with Gasteiger partial charge in [-0.3, -0.25) is 0 Å². The van der Waals surface area contributed by atoms with Crippen molar-refractivity contribution in [2.75, 3.05) is 0 Å². The summed E-state index contributed by atoms with van der Waals surface area (Å²) in [5.41, 5.74) is 0. The van der Waals surface area contributed by atoms with Gasteiger partial charge in [0, 0.05) is 38.5 Å². The van der Waals surface area contributed by atoms with Crippen LogP contribution in [-0.4, -0.2) is 5.11 Å². The molecule has 0 bridgehead atoms. The van der Waals surface area contributed by atoms with Crippen LogP contribution in [0.2, 0.25) is 0 Å². The standard InChI is InChI=1S/C6H5O.Y/c7-6-4-2-1-3-5-6;/h1-4,7H;/q-1;. The number of phenolic OH excluding ortho intramolecular Hbond substituents is 1. The molecule has 1 aromatic rings. The van der Waals surface area contributed by atoms with E-state index in [4.69, 9.17) is 5.11 Å². The summed E-state index contributed by atoms with van der Waals surface area (Å²) < 4.78 is 0. The van der Waals surface area contributed by atoms with Crippen molar-refractivity contribution in [2.24, 2.45) is 0 Å². The molecule has 8 heavy (non-hydrogen) atoms. The van der Waals surface area contributed by atoms with Gasteiger partial charge in [0.25, 0.3) is 0 Å². The van der Waals surface area contributed by atoms with E-state index in [2.05, 4.69) is 6.07 Å². The van der Waals surface area contributed by atoms with Gasteiger partial charge in [-0.25, -0.2) is 0 Å². The van der Waals surface area contributed by atoms with Crippen LogP contribution in [0.5, 0.6) is 5.75 Å². The van der Waals surface area contributed by atoms with E-state index < -0.39 is 0 Å². The average Bonchev–Trinajstić information content (AvgIpc) is 1.69. The number of phenols is 1. The number of hydrogen-bond donors (Lipinski definition) is 1. The smallest absolute Gasteiger partial charge is 0.00397 e. The van der Waals surface area contributed by atoms with Crippen LogP contribution in [0.1, 0.15) is 0 Å². The maximum absolute atomic E-state index is 8.58. The zero-order valence-electron chi connectivity index (χ0n) is 4.33. The third-order valence-corrected chi connectivity index (χ3v) is 0.693. The van der Waals surface area contributed by atoms with Crippen molar-refractivity contribution in [3.8, 4) is 5.75 Å². The minimum atomic E-state index is 0. The molecule has 0 saturated carbocycles. The van der Waals surface area contributed by atoms with Crippen LogP contribution in [0.3, 0.4) is 0 Å². The Labute approximate surface area is 73.6 Å². The van der Waals surface area contributed by atoms with E-state index in [-0.39, 0.29) is 38.5 Å². The Morgan fingerprint density at radius 2 is 2.12 bits per heavy atom. The Morgan fingerprint density at radius 1 is 1.38 bits per heavy atom. The molecule has 0 aliphatic heterocycles. The molecule has 0 heterocycles. The molecule has 0 fully saturated rings. The predicted octanol–water partition coefficient (Wildman–Crippen LogP) is 1.19. The van der Waals surface area contributed by atoms with Crippen molar-refractivity contribution in [1.29, 1.82) is 0 Å². The van der Waals surface area contributed by atoms with E-state index in [1.165, 1.54) is 0 Å². The van der Waals surface area contributed by atoms with Crippen LogP contribution in [0.25, 0.3) is 0 Å². The van der Waals surface area contributed by atoms with Gasteiger partial charge in [0.2, 0.25) is 0 Å². The number of benzene rings is 1. The molecule has 1 radical (unpaired) electrons. The first-order valence-corrected chi connectivity index (χ1v) is 2.05. The Morgan fingerprint density at radius 3 is 2.38 bits per heavy atom. The molecule has 1 aromatic carbocycles. The topological polar surface area (TPSA) is 20.2 Å². The third kappa shape index (κ3) is 2.44. The fourth-order valence-electron chi connectivity index (χ4n) is 0.384. The third-order valence-electron chi connectivity index (χ3n) is 0.693. The van der Waals surface area contributed by atoms with E-state index in [1.54, 1.807) is 24.3 Å². The van der Waals surface area contributed by atoms with Crippen LogP contribution in [0.15, 0.2) is 24.3 Å². The maximum Gasteiger partial charge on any atom is 0.00397 e. The second-order valence-corrected chi connectivity index (χ2v) is 1.25. The summed E-state index contributed by atoms with van der Waals surface area (Å²) in [6, 6.07) is 9.39. The van der Waals surface area contributed by atoms with Crippen molar-refractivity contribution in [3.05, 3.63) is 30.3 Å². The molecule has 0 aliphatic rings. The van der Waals surface area contributed by atoms with E-state index in [1.807, 2.05) is 0 Å². The number of aromatic hydroxyl groups is 1. The molecule has 0 amide bonds. The summed E-state index contributed by atoms with van der Waals surface area (Å²) in [7, 11) is 0. The fourth-order valence-corrected chi connectivity index (χ4v) is 0.384. The second kappa shape index (κ2) is 4.05. The van der Waals surface area contributed by atoms with E-state index in [0.29, 0.717) is 0 Å². The molecule has 0 aromatic heterocycles. The minimum Gasteiger partial charge on any atom is -0.534 e. The van der Waals surface area contributed by atoms with Gasteiger partial charge >= 0.3 is 0 Å². The van der Waals surface area contributed by atoms with Crippen LogP contribution in [0, 0.1) is 6.07 Å². The van der Waals surface area contributed by atoms with Gasteiger partial charge in [0.05, 0.1) is 0 Å². The van der Waals surface area contributed by atoms with Crippen molar-refractivity contribution in [1.82, 2.24) is 0 Å². The van der Waals surface area contributed by atoms with E-state index >= 15 is 0 Å². The Balaban J connectivity index is 0.000000490. The Hall–Kier alpha value is 0.124. The fraction of sp³-hybridized carbons (Fsp3) is 0. The quantitative estimate of drug-likeness (QED) is 0.597. The zero-order valence-corrected chi connectivity index (χ0v) is 7.17. The van der Waals surface area contributed by atoms with Gasteiger partial charge < -0.3 is 5.11 Å². The van der Waals surface area contributed by atoms with Crippen molar-refractivity contribution < 1.29 is 37.8 Å².